The van der Waals surface area contributed by atoms with Crippen molar-refractivity contribution in [3.8, 4) is 0 Å². The van der Waals surface area contributed by atoms with Gasteiger partial charge in [-0.2, -0.15) is 13.2 Å². The lowest BCUT2D eigenvalue weighted by atomic mass is 10.0. The summed E-state index contributed by atoms with van der Waals surface area (Å²) in [5.41, 5.74) is -2.42. The highest BCUT2D eigenvalue weighted by Gasteiger charge is 2.58. The third-order valence-corrected chi connectivity index (χ3v) is 2.82. The molecule has 1 rings (SSSR count). The van der Waals surface area contributed by atoms with Crippen molar-refractivity contribution in [2.75, 3.05) is 0 Å². The van der Waals surface area contributed by atoms with Crippen LogP contribution in [0.2, 0.25) is 0 Å². The molecule has 2 atom stereocenters. The van der Waals surface area contributed by atoms with Gasteiger partial charge in [0.25, 0.3) is 0 Å². The molecule has 1 aliphatic carbocycles. The van der Waals surface area contributed by atoms with E-state index in [1.165, 1.54) is 0 Å². The second-order valence-corrected chi connectivity index (χ2v) is 3.89. The van der Waals surface area contributed by atoms with Crippen LogP contribution in [0.15, 0.2) is 0 Å². The molecule has 0 saturated heterocycles. The standard InChI is InChI=1S/C8H13F3O/c1-5-3-7(12,4-6(5)2)8(9,10)11/h5-6,12H,3-4H2,1-2H3. The predicted octanol–water partition coefficient (Wildman–Crippen LogP) is 2.35. The SMILES string of the molecule is CC1CC(O)(C(F)(F)F)CC1C. The van der Waals surface area contributed by atoms with E-state index in [-0.39, 0.29) is 24.7 Å². The summed E-state index contributed by atoms with van der Waals surface area (Å²) in [6, 6.07) is 0. The van der Waals surface area contributed by atoms with Crippen LogP contribution < -0.4 is 0 Å². The van der Waals surface area contributed by atoms with Gasteiger partial charge in [-0.25, -0.2) is 0 Å². The van der Waals surface area contributed by atoms with Crippen molar-refractivity contribution in [1.82, 2.24) is 0 Å². The van der Waals surface area contributed by atoms with Gasteiger partial charge in [0.1, 0.15) is 0 Å². The maximum atomic E-state index is 12.2. The van der Waals surface area contributed by atoms with Crippen LogP contribution in [0.1, 0.15) is 26.7 Å². The van der Waals surface area contributed by atoms with Crippen LogP contribution in [-0.2, 0) is 0 Å². The molecule has 0 spiro atoms. The fourth-order valence-electron chi connectivity index (χ4n) is 1.78. The Bertz CT molecular complexity index is 166. The quantitative estimate of drug-likeness (QED) is 0.609. The largest absolute Gasteiger partial charge is 0.417 e. The van der Waals surface area contributed by atoms with E-state index in [4.69, 9.17) is 0 Å². The summed E-state index contributed by atoms with van der Waals surface area (Å²) < 4.78 is 36.7. The number of hydrogen-bond donors (Lipinski definition) is 1. The molecular weight excluding hydrogens is 169 g/mol. The summed E-state index contributed by atoms with van der Waals surface area (Å²) in [5, 5.41) is 9.24. The van der Waals surface area contributed by atoms with E-state index >= 15 is 0 Å². The maximum Gasteiger partial charge on any atom is 0.417 e. The van der Waals surface area contributed by atoms with Crippen molar-refractivity contribution in [2.45, 2.75) is 38.5 Å². The Hall–Kier alpha value is -0.250. The van der Waals surface area contributed by atoms with Crippen molar-refractivity contribution in [3.63, 3.8) is 0 Å². The zero-order chi connectivity index (χ0) is 9.57. The van der Waals surface area contributed by atoms with Crippen LogP contribution in [0.4, 0.5) is 13.2 Å². The maximum absolute atomic E-state index is 12.2. The first kappa shape index (κ1) is 9.84. The summed E-state index contributed by atoms with van der Waals surface area (Å²) in [7, 11) is 0. The van der Waals surface area contributed by atoms with Gasteiger partial charge in [0.15, 0.2) is 5.60 Å². The van der Waals surface area contributed by atoms with Gasteiger partial charge in [-0.3, -0.25) is 0 Å². The van der Waals surface area contributed by atoms with Crippen LogP contribution in [0.25, 0.3) is 0 Å². The summed E-state index contributed by atoms with van der Waals surface area (Å²) >= 11 is 0. The Kier molecular flexibility index (Phi) is 2.15. The van der Waals surface area contributed by atoms with Crippen molar-refractivity contribution in [1.29, 1.82) is 0 Å². The minimum absolute atomic E-state index is 0.0448. The Balaban J connectivity index is 2.77. The van der Waals surface area contributed by atoms with Crippen LogP contribution in [-0.4, -0.2) is 16.9 Å². The highest BCUT2D eigenvalue weighted by molar-refractivity contribution is 4.96. The lowest BCUT2D eigenvalue weighted by Crippen LogP contribution is -2.42. The summed E-state index contributed by atoms with van der Waals surface area (Å²) in [6.45, 7) is 3.49. The van der Waals surface area contributed by atoms with Crippen LogP contribution in [0, 0.1) is 11.8 Å². The van der Waals surface area contributed by atoms with E-state index in [1.54, 1.807) is 13.8 Å². The lowest BCUT2D eigenvalue weighted by Gasteiger charge is -2.25. The molecule has 2 unspecified atom stereocenters. The zero-order valence-corrected chi connectivity index (χ0v) is 7.15. The molecule has 0 aromatic carbocycles. The molecule has 12 heavy (non-hydrogen) atoms. The summed E-state index contributed by atoms with van der Waals surface area (Å²) in [6.07, 6.45) is -4.78. The van der Waals surface area contributed by atoms with E-state index in [9.17, 15) is 18.3 Å². The molecule has 72 valence electrons. The molecule has 1 saturated carbocycles. The minimum atomic E-state index is -4.47. The third kappa shape index (κ3) is 1.44. The second-order valence-electron chi connectivity index (χ2n) is 3.89. The van der Waals surface area contributed by atoms with Gasteiger partial charge in [-0.15, -0.1) is 0 Å². The summed E-state index contributed by atoms with van der Waals surface area (Å²) in [4.78, 5) is 0. The predicted molar refractivity (Wildman–Crippen MR) is 38.6 cm³/mol. The van der Waals surface area contributed by atoms with Crippen molar-refractivity contribution in [2.24, 2.45) is 11.8 Å². The Labute approximate surface area is 69.6 Å². The molecule has 0 heterocycles. The molecule has 1 fully saturated rings. The monoisotopic (exact) mass is 182 g/mol. The van der Waals surface area contributed by atoms with E-state index in [1.807, 2.05) is 0 Å². The molecule has 0 amide bonds. The molecule has 1 nitrogen and oxygen atoms in total. The van der Waals surface area contributed by atoms with Crippen LogP contribution in [0.3, 0.4) is 0 Å². The van der Waals surface area contributed by atoms with Gasteiger partial charge >= 0.3 is 6.18 Å². The molecule has 1 N–H and O–H groups in total. The van der Waals surface area contributed by atoms with Gasteiger partial charge in [0.2, 0.25) is 0 Å². The Morgan fingerprint density at radius 1 is 1.17 bits per heavy atom. The van der Waals surface area contributed by atoms with Crippen molar-refractivity contribution >= 4 is 0 Å². The lowest BCUT2D eigenvalue weighted by molar-refractivity contribution is -0.258. The molecule has 0 bridgehead atoms. The Morgan fingerprint density at radius 2 is 1.50 bits per heavy atom. The topological polar surface area (TPSA) is 20.2 Å². The zero-order valence-electron chi connectivity index (χ0n) is 7.15. The first-order valence-corrected chi connectivity index (χ1v) is 4.05. The van der Waals surface area contributed by atoms with Gasteiger partial charge in [-0.05, 0) is 24.7 Å². The third-order valence-electron chi connectivity index (χ3n) is 2.82. The van der Waals surface area contributed by atoms with Gasteiger partial charge in [0, 0.05) is 0 Å². The fourth-order valence-corrected chi connectivity index (χ4v) is 1.78. The second kappa shape index (κ2) is 2.62. The first-order valence-electron chi connectivity index (χ1n) is 4.05. The average Bonchev–Trinajstić information content (AvgIpc) is 2.06. The molecule has 0 aliphatic heterocycles. The highest BCUT2D eigenvalue weighted by atomic mass is 19.4. The number of halogens is 3. The number of rotatable bonds is 0. The molecular formula is C8H13F3O. The normalized spacial score (nSPS) is 43.5. The molecule has 0 radical (unpaired) electrons. The van der Waals surface area contributed by atoms with Crippen molar-refractivity contribution in [3.05, 3.63) is 0 Å². The first-order chi connectivity index (χ1) is 5.26. The number of aliphatic hydroxyl groups is 1. The highest BCUT2D eigenvalue weighted by Crippen LogP contribution is 2.47. The van der Waals surface area contributed by atoms with Gasteiger partial charge < -0.3 is 5.11 Å². The molecule has 4 heteroatoms. The van der Waals surface area contributed by atoms with E-state index in [2.05, 4.69) is 0 Å². The van der Waals surface area contributed by atoms with E-state index < -0.39 is 11.8 Å². The minimum Gasteiger partial charge on any atom is -0.380 e. The van der Waals surface area contributed by atoms with Crippen LogP contribution >= 0.6 is 0 Å². The summed E-state index contributed by atoms with van der Waals surface area (Å²) in [5.74, 6) is -0.0896. The average molecular weight is 182 g/mol. The van der Waals surface area contributed by atoms with Gasteiger partial charge in [0.05, 0.1) is 0 Å². The fraction of sp³-hybridized carbons (Fsp3) is 1.00. The van der Waals surface area contributed by atoms with Gasteiger partial charge in [-0.1, -0.05) is 13.8 Å². The van der Waals surface area contributed by atoms with Crippen molar-refractivity contribution < 1.29 is 18.3 Å². The number of alkyl halides is 3. The molecule has 0 aromatic rings. The molecule has 1 aliphatic rings. The van der Waals surface area contributed by atoms with E-state index in [0.29, 0.717) is 0 Å². The Morgan fingerprint density at radius 3 is 1.67 bits per heavy atom. The number of hydrogen-bond acceptors (Lipinski definition) is 1. The smallest absolute Gasteiger partial charge is 0.380 e. The van der Waals surface area contributed by atoms with Crippen LogP contribution in [0.5, 0.6) is 0 Å². The van der Waals surface area contributed by atoms with E-state index in [0.717, 1.165) is 0 Å². The molecule has 0 aromatic heterocycles.